The van der Waals surface area contributed by atoms with Crippen LogP contribution in [0.1, 0.15) is 64.9 Å². The van der Waals surface area contributed by atoms with Crippen LogP contribution in [0.15, 0.2) is 42.5 Å². The van der Waals surface area contributed by atoms with E-state index in [-0.39, 0.29) is 67.3 Å². The maximum atomic E-state index is 11.5. The van der Waals surface area contributed by atoms with Gasteiger partial charge in [-0.15, -0.1) is 0 Å². The Labute approximate surface area is 227 Å². The molecule has 0 amide bonds. The number of esters is 1. The fourth-order valence-corrected chi connectivity index (χ4v) is 6.39. The molecule has 0 saturated carbocycles. The second-order valence-corrected chi connectivity index (χ2v) is 11.6. The number of carbonyl (C=O) groups excluding carboxylic acids is 1. The predicted molar refractivity (Wildman–Crippen MR) is 143 cm³/mol. The zero-order valence-corrected chi connectivity index (χ0v) is 23.0. The first-order valence-electron chi connectivity index (χ1n) is 14.5. The van der Waals surface area contributed by atoms with Crippen molar-refractivity contribution in [2.24, 2.45) is 11.8 Å². The van der Waals surface area contributed by atoms with Crippen LogP contribution >= 0.6 is 0 Å². The predicted octanol–water partition coefficient (Wildman–Crippen LogP) is 5.00. The van der Waals surface area contributed by atoms with Crippen LogP contribution in [0.25, 0.3) is 0 Å². The molecular formula is C31H44O7. The minimum atomic E-state index is -0.309. The summed E-state index contributed by atoms with van der Waals surface area (Å²) < 4.78 is 37.9. The molecule has 210 valence electrons. The quantitative estimate of drug-likeness (QED) is 0.364. The minimum Gasteiger partial charge on any atom is -0.463 e. The van der Waals surface area contributed by atoms with E-state index >= 15 is 0 Å². The summed E-state index contributed by atoms with van der Waals surface area (Å²) in [5.74, 6) is 0.453. The standard InChI is InChI=1S/C31H44O7/c1-20-14-27-26(10-7-13-33-27)37-29-17-30-31(38-28(29)15-20)21(2)11-12-24(36-30)16-25(19-34-22(3)32)35-18-23-8-5-4-6-9-23/h4-6,8-9,11-12,20-21,24-31H,7,10,13-19H2,1-3H3/t20-,21-,24-,25-,26-,27+,28?,29+,30-,31?/m0/s1. The highest BCUT2D eigenvalue weighted by Crippen LogP contribution is 2.39. The van der Waals surface area contributed by atoms with Crippen LogP contribution in [0.4, 0.5) is 0 Å². The number of carbonyl (C=O) groups is 1. The van der Waals surface area contributed by atoms with Crippen molar-refractivity contribution in [3.05, 3.63) is 48.0 Å². The largest absolute Gasteiger partial charge is 0.463 e. The molecule has 5 rings (SSSR count). The van der Waals surface area contributed by atoms with Gasteiger partial charge in [0.1, 0.15) is 6.61 Å². The van der Waals surface area contributed by atoms with Gasteiger partial charge in [0.05, 0.1) is 55.4 Å². The Morgan fingerprint density at radius 1 is 0.947 bits per heavy atom. The monoisotopic (exact) mass is 528 g/mol. The van der Waals surface area contributed by atoms with Crippen LogP contribution in [0.2, 0.25) is 0 Å². The Morgan fingerprint density at radius 3 is 2.55 bits per heavy atom. The second-order valence-electron chi connectivity index (χ2n) is 11.6. The van der Waals surface area contributed by atoms with E-state index in [1.54, 1.807) is 0 Å². The highest BCUT2D eigenvalue weighted by molar-refractivity contribution is 5.65. The molecule has 4 aliphatic rings. The molecular weight excluding hydrogens is 484 g/mol. The van der Waals surface area contributed by atoms with Gasteiger partial charge in [0.25, 0.3) is 0 Å². The van der Waals surface area contributed by atoms with Gasteiger partial charge in [-0.1, -0.05) is 56.3 Å². The molecule has 0 radical (unpaired) electrons. The highest BCUT2D eigenvalue weighted by atomic mass is 16.6. The van der Waals surface area contributed by atoms with Gasteiger partial charge in [0, 0.05) is 32.3 Å². The summed E-state index contributed by atoms with van der Waals surface area (Å²) in [4.78, 5) is 11.5. The first kappa shape index (κ1) is 27.8. The molecule has 7 heteroatoms. The van der Waals surface area contributed by atoms with Crippen LogP contribution in [0.5, 0.6) is 0 Å². The van der Waals surface area contributed by atoms with E-state index in [0.717, 1.165) is 44.3 Å². The zero-order valence-electron chi connectivity index (χ0n) is 23.0. The molecule has 3 saturated heterocycles. The lowest BCUT2D eigenvalue weighted by Crippen LogP contribution is -2.55. The summed E-state index contributed by atoms with van der Waals surface area (Å²) in [7, 11) is 0. The Balaban J connectivity index is 1.25. The van der Waals surface area contributed by atoms with Crippen molar-refractivity contribution in [2.75, 3.05) is 13.2 Å². The summed E-state index contributed by atoms with van der Waals surface area (Å²) in [6.07, 6.45) is 9.74. The van der Waals surface area contributed by atoms with E-state index in [0.29, 0.717) is 18.9 Å². The molecule has 0 aromatic heterocycles. The fourth-order valence-electron chi connectivity index (χ4n) is 6.39. The molecule has 2 unspecified atom stereocenters. The van der Waals surface area contributed by atoms with Gasteiger partial charge >= 0.3 is 5.97 Å². The van der Waals surface area contributed by atoms with Crippen LogP contribution in [-0.2, 0) is 39.8 Å². The van der Waals surface area contributed by atoms with E-state index in [2.05, 4.69) is 26.0 Å². The zero-order chi connectivity index (χ0) is 26.5. The van der Waals surface area contributed by atoms with Crippen LogP contribution in [0.3, 0.4) is 0 Å². The number of hydrogen-bond acceptors (Lipinski definition) is 7. The van der Waals surface area contributed by atoms with Crippen molar-refractivity contribution in [3.63, 3.8) is 0 Å². The first-order chi connectivity index (χ1) is 18.4. The second kappa shape index (κ2) is 13.1. The summed E-state index contributed by atoms with van der Waals surface area (Å²) in [6, 6.07) is 10.0. The van der Waals surface area contributed by atoms with Crippen molar-refractivity contribution in [1.29, 1.82) is 0 Å². The third kappa shape index (κ3) is 7.24. The topological polar surface area (TPSA) is 72.5 Å². The van der Waals surface area contributed by atoms with E-state index in [1.165, 1.54) is 6.92 Å². The Bertz CT molecular complexity index is 920. The van der Waals surface area contributed by atoms with Gasteiger partial charge in [0.15, 0.2) is 0 Å². The Morgan fingerprint density at radius 2 is 1.74 bits per heavy atom. The first-order valence-corrected chi connectivity index (χ1v) is 14.5. The Hall–Kier alpha value is -1.77. The third-order valence-corrected chi connectivity index (χ3v) is 8.37. The number of hydrogen-bond donors (Lipinski definition) is 0. The SMILES string of the molecule is CC(=O)OC[C@H](C[C@@H]1C=C[C@H](C)C2OC3C[C@@H](C)C[C@H]4OCCC[C@@H]4O[C@@H]3C[C@@H]2O1)OCc1ccccc1. The summed E-state index contributed by atoms with van der Waals surface area (Å²) >= 11 is 0. The summed E-state index contributed by atoms with van der Waals surface area (Å²) in [6.45, 7) is 7.44. The maximum absolute atomic E-state index is 11.5. The van der Waals surface area contributed by atoms with E-state index < -0.39 is 0 Å². The summed E-state index contributed by atoms with van der Waals surface area (Å²) in [5.41, 5.74) is 1.08. The molecule has 3 fully saturated rings. The van der Waals surface area contributed by atoms with Crippen molar-refractivity contribution < 1.29 is 33.2 Å². The van der Waals surface area contributed by atoms with Gasteiger partial charge in [-0.05, 0) is 37.2 Å². The van der Waals surface area contributed by atoms with Gasteiger partial charge < -0.3 is 28.4 Å². The lowest BCUT2D eigenvalue weighted by Gasteiger charge is -2.47. The van der Waals surface area contributed by atoms with Crippen molar-refractivity contribution in [1.82, 2.24) is 0 Å². The van der Waals surface area contributed by atoms with Gasteiger partial charge in [-0.3, -0.25) is 4.79 Å². The molecule has 0 N–H and O–H groups in total. The molecule has 38 heavy (non-hydrogen) atoms. The van der Waals surface area contributed by atoms with Gasteiger partial charge in [-0.2, -0.15) is 0 Å². The normalized spacial score (nSPS) is 37.9. The molecule has 1 aromatic carbocycles. The van der Waals surface area contributed by atoms with E-state index in [1.807, 2.05) is 30.3 Å². The van der Waals surface area contributed by atoms with Gasteiger partial charge in [0.2, 0.25) is 0 Å². The molecule has 0 spiro atoms. The minimum absolute atomic E-state index is 0.00493. The lowest BCUT2D eigenvalue weighted by atomic mass is 9.84. The number of benzene rings is 1. The third-order valence-electron chi connectivity index (χ3n) is 8.37. The molecule has 0 aliphatic carbocycles. The average Bonchev–Trinajstić information content (AvgIpc) is 3.04. The average molecular weight is 529 g/mol. The maximum Gasteiger partial charge on any atom is 0.302 e. The van der Waals surface area contributed by atoms with Crippen LogP contribution in [0, 0.1) is 11.8 Å². The molecule has 4 aliphatic heterocycles. The number of ether oxygens (including phenoxy) is 6. The highest BCUT2D eigenvalue weighted by Gasteiger charge is 2.46. The molecule has 4 heterocycles. The lowest BCUT2D eigenvalue weighted by molar-refractivity contribution is -0.246. The Kier molecular flexibility index (Phi) is 9.55. The molecule has 0 bridgehead atoms. The number of fused-ring (bicyclic) bond motifs is 3. The van der Waals surface area contributed by atoms with E-state index in [9.17, 15) is 4.79 Å². The smallest absolute Gasteiger partial charge is 0.302 e. The van der Waals surface area contributed by atoms with Crippen LogP contribution < -0.4 is 0 Å². The van der Waals surface area contributed by atoms with Crippen molar-refractivity contribution >= 4 is 5.97 Å². The van der Waals surface area contributed by atoms with Crippen LogP contribution in [-0.4, -0.2) is 68.0 Å². The van der Waals surface area contributed by atoms with Crippen molar-refractivity contribution in [3.8, 4) is 0 Å². The van der Waals surface area contributed by atoms with E-state index in [4.69, 9.17) is 28.4 Å². The van der Waals surface area contributed by atoms with Crippen molar-refractivity contribution in [2.45, 2.75) is 115 Å². The molecule has 1 aromatic rings. The number of rotatable bonds is 7. The summed E-state index contributed by atoms with van der Waals surface area (Å²) in [5, 5.41) is 0. The fraction of sp³-hybridized carbons (Fsp3) is 0.710. The molecule has 7 nitrogen and oxygen atoms in total. The van der Waals surface area contributed by atoms with Gasteiger partial charge in [-0.25, -0.2) is 0 Å². The molecule has 10 atom stereocenters.